The van der Waals surface area contributed by atoms with Gasteiger partial charge >= 0.3 is 0 Å². The molecule has 1 saturated carbocycles. The quantitative estimate of drug-likeness (QED) is 0.876. The predicted octanol–water partition coefficient (Wildman–Crippen LogP) is 2.65. The topological polar surface area (TPSA) is 93.8 Å². The van der Waals surface area contributed by atoms with Gasteiger partial charge in [0.05, 0.1) is 5.54 Å². The minimum Gasteiger partial charge on any atom is -0.317 e. The second-order valence-corrected chi connectivity index (χ2v) is 5.92. The average Bonchev–Trinajstić information content (AvgIpc) is 3.10. The van der Waals surface area contributed by atoms with Crippen LogP contribution in [0.1, 0.15) is 25.7 Å². The van der Waals surface area contributed by atoms with Crippen molar-refractivity contribution in [3.05, 3.63) is 24.4 Å². The Morgan fingerprint density at radius 1 is 1.23 bits per heavy atom. The summed E-state index contributed by atoms with van der Waals surface area (Å²) in [5, 5.41) is 11.9. The molecule has 1 aliphatic rings. The summed E-state index contributed by atoms with van der Waals surface area (Å²) >= 11 is 1.30. The molecule has 0 saturated heterocycles. The van der Waals surface area contributed by atoms with Gasteiger partial charge in [-0.25, -0.2) is 0 Å². The summed E-state index contributed by atoms with van der Waals surface area (Å²) in [6.45, 7) is 0. The number of aromatic nitrogens is 3. The molecule has 2 aromatic rings. The molecular weight excluding hydrogens is 345 g/mol. The minimum atomic E-state index is -0.753. The van der Waals surface area contributed by atoms with E-state index in [1.807, 2.05) is 18.2 Å². The van der Waals surface area contributed by atoms with Gasteiger partial charge in [-0.3, -0.25) is 15.1 Å². The van der Waals surface area contributed by atoms with Crippen LogP contribution in [0.4, 0.5) is 5.13 Å². The summed E-state index contributed by atoms with van der Waals surface area (Å²) in [6, 6.07) is 5.58. The summed E-state index contributed by atoms with van der Waals surface area (Å²) in [4.78, 5) is 16.4. The van der Waals surface area contributed by atoms with E-state index in [0.717, 1.165) is 31.4 Å². The molecule has 2 heterocycles. The van der Waals surface area contributed by atoms with E-state index in [4.69, 9.17) is 5.73 Å². The summed E-state index contributed by atoms with van der Waals surface area (Å²) < 4.78 is 0. The van der Waals surface area contributed by atoms with Crippen molar-refractivity contribution in [2.75, 3.05) is 5.32 Å². The molecule has 1 aliphatic carbocycles. The Bertz CT molecular complexity index is 616. The van der Waals surface area contributed by atoms with Gasteiger partial charge in [-0.2, -0.15) is 0 Å². The van der Waals surface area contributed by atoms with Crippen molar-refractivity contribution < 1.29 is 4.79 Å². The first-order chi connectivity index (χ1) is 9.67. The molecule has 0 aromatic carbocycles. The Kier molecular flexibility index (Phi) is 6.67. The number of anilines is 1. The fraction of sp³-hybridized carbons (Fsp3) is 0.385. The zero-order valence-corrected chi connectivity index (χ0v) is 14.1. The van der Waals surface area contributed by atoms with Crippen LogP contribution in [0.25, 0.3) is 10.7 Å². The van der Waals surface area contributed by atoms with Crippen LogP contribution in [-0.2, 0) is 4.79 Å². The van der Waals surface area contributed by atoms with Crippen LogP contribution in [0.15, 0.2) is 24.4 Å². The highest BCUT2D eigenvalue weighted by molar-refractivity contribution is 7.18. The van der Waals surface area contributed by atoms with E-state index in [0.29, 0.717) is 10.1 Å². The number of nitrogens with two attached hydrogens (primary N) is 1. The van der Waals surface area contributed by atoms with Gasteiger partial charge < -0.3 is 5.73 Å². The third-order valence-corrected chi connectivity index (χ3v) is 4.34. The van der Waals surface area contributed by atoms with Crippen LogP contribution >= 0.6 is 36.2 Å². The van der Waals surface area contributed by atoms with E-state index in [2.05, 4.69) is 20.5 Å². The molecule has 9 heteroatoms. The maximum absolute atomic E-state index is 12.2. The molecular formula is C13H17Cl2N5OS. The fourth-order valence-corrected chi connectivity index (χ4v) is 3.04. The van der Waals surface area contributed by atoms with E-state index < -0.39 is 5.54 Å². The maximum atomic E-state index is 12.2. The van der Waals surface area contributed by atoms with Crippen molar-refractivity contribution in [1.29, 1.82) is 0 Å². The first-order valence-corrected chi connectivity index (χ1v) is 7.34. The normalized spacial score (nSPS) is 15.5. The standard InChI is InChI=1S/C13H15N5OS.2ClH/c14-13(6-2-3-7-13)11(19)16-12-18-17-10(20-12)9-5-1-4-8-15-9;;/h1,4-5,8H,2-3,6-7,14H2,(H,16,18,19);2*1H. The summed E-state index contributed by atoms with van der Waals surface area (Å²) in [5.74, 6) is -0.168. The molecule has 120 valence electrons. The summed E-state index contributed by atoms with van der Waals surface area (Å²) in [5.41, 5.74) is 6.09. The van der Waals surface area contributed by atoms with Gasteiger partial charge in [-0.1, -0.05) is 30.2 Å². The highest BCUT2D eigenvalue weighted by Crippen LogP contribution is 2.30. The highest BCUT2D eigenvalue weighted by atomic mass is 35.5. The molecule has 3 rings (SSSR count). The van der Waals surface area contributed by atoms with Gasteiger partial charge in [-0.15, -0.1) is 35.0 Å². The largest absolute Gasteiger partial charge is 0.317 e. The number of amides is 1. The van der Waals surface area contributed by atoms with E-state index in [1.165, 1.54) is 11.3 Å². The molecule has 2 aromatic heterocycles. The van der Waals surface area contributed by atoms with Gasteiger partial charge in [0, 0.05) is 6.20 Å². The maximum Gasteiger partial charge on any atom is 0.246 e. The summed E-state index contributed by atoms with van der Waals surface area (Å²) in [7, 11) is 0. The lowest BCUT2D eigenvalue weighted by Crippen LogP contribution is -2.48. The van der Waals surface area contributed by atoms with Crippen molar-refractivity contribution in [3.8, 4) is 10.7 Å². The molecule has 3 N–H and O–H groups in total. The lowest BCUT2D eigenvalue weighted by atomic mass is 9.98. The lowest BCUT2D eigenvalue weighted by molar-refractivity contribution is -0.121. The SMILES string of the molecule is Cl.Cl.NC1(C(=O)Nc2nnc(-c3ccccn3)s2)CCCC1. The molecule has 0 unspecified atom stereocenters. The molecule has 0 bridgehead atoms. The molecule has 0 radical (unpaired) electrons. The smallest absolute Gasteiger partial charge is 0.246 e. The Labute approximate surface area is 144 Å². The third kappa shape index (κ3) is 3.92. The lowest BCUT2D eigenvalue weighted by Gasteiger charge is -2.20. The zero-order chi connectivity index (χ0) is 14.0. The second kappa shape index (κ2) is 7.82. The number of nitrogens with one attached hydrogen (secondary N) is 1. The first kappa shape index (κ1) is 18.8. The highest BCUT2D eigenvalue weighted by Gasteiger charge is 2.37. The van der Waals surface area contributed by atoms with Crippen molar-refractivity contribution in [1.82, 2.24) is 15.2 Å². The van der Waals surface area contributed by atoms with Crippen molar-refractivity contribution in [2.24, 2.45) is 5.73 Å². The Morgan fingerprint density at radius 3 is 2.59 bits per heavy atom. The predicted molar refractivity (Wildman–Crippen MR) is 91.7 cm³/mol. The summed E-state index contributed by atoms with van der Waals surface area (Å²) in [6.07, 6.45) is 5.15. The molecule has 1 fully saturated rings. The van der Waals surface area contributed by atoms with Crippen LogP contribution in [0, 0.1) is 0 Å². The van der Waals surface area contributed by atoms with E-state index >= 15 is 0 Å². The van der Waals surface area contributed by atoms with Crippen molar-refractivity contribution in [2.45, 2.75) is 31.2 Å². The van der Waals surface area contributed by atoms with Crippen LogP contribution in [0.2, 0.25) is 0 Å². The average molecular weight is 362 g/mol. The van der Waals surface area contributed by atoms with Gasteiger partial charge in [0.1, 0.15) is 5.69 Å². The molecule has 1 amide bonds. The van der Waals surface area contributed by atoms with E-state index in [9.17, 15) is 4.79 Å². The van der Waals surface area contributed by atoms with Gasteiger partial charge in [-0.05, 0) is 25.0 Å². The molecule has 22 heavy (non-hydrogen) atoms. The van der Waals surface area contributed by atoms with Crippen molar-refractivity contribution >= 4 is 47.2 Å². The Balaban J connectivity index is 0.00000121. The van der Waals surface area contributed by atoms with E-state index in [1.54, 1.807) is 6.20 Å². The number of carbonyl (C=O) groups is 1. The molecule has 6 nitrogen and oxygen atoms in total. The number of hydrogen-bond acceptors (Lipinski definition) is 6. The molecule has 0 aliphatic heterocycles. The number of carbonyl (C=O) groups excluding carboxylic acids is 1. The van der Waals surface area contributed by atoms with Crippen LogP contribution in [0.5, 0.6) is 0 Å². The van der Waals surface area contributed by atoms with Crippen LogP contribution < -0.4 is 11.1 Å². The minimum absolute atomic E-state index is 0. The number of hydrogen-bond donors (Lipinski definition) is 2. The molecule has 0 atom stereocenters. The van der Waals surface area contributed by atoms with Crippen molar-refractivity contribution in [3.63, 3.8) is 0 Å². The van der Waals surface area contributed by atoms with Gasteiger partial charge in [0.2, 0.25) is 11.0 Å². The number of rotatable bonds is 3. The fourth-order valence-electron chi connectivity index (χ4n) is 2.32. The third-order valence-electron chi connectivity index (χ3n) is 3.48. The van der Waals surface area contributed by atoms with Crippen LogP contribution in [-0.4, -0.2) is 26.6 Å². The monoisotopic (exact) mass is 361 g/mol. The number of pyridine rings is 1. The first-order valence-electron chi connectivity index (χ1n) is 6.53. The second-order valence-electron chi connectivity index (χ2n) is 4.94. The van der Waals surface area contributed by atoms with E-state index in [-0.39, 0.29) is 30.7 Å². The van der Waals surface area contributed by atoms with Crippen LogP contribution in [0.3, 0.4) is 0 Å². The molecule has 0 spiro atoms. The number of halogens is 2. The number of nitrogens with zero attached hydrogens (tertiary/aromatic N) is 3. The van der Waals surface area contributed by atoms with Gasteiger partial charge in [0.15, 0.2) is 5.01 Å². The van der Waals surface area contributed by atoms with Gasteiger partial charge in [0.25, 0.3) is 0 Å². The zero-order valence-electron chi connectivity index (χ0n) is 11.7. The Hall–Kier alpha value is -1.28. The Morgan fingerprint density at radius 2 is 1.95 bits per heavy atom.